The maximum absolute atomic E-state index is 12.6. The molecule has 3 nitrogen and oxygen atoms in total. The van der Waals surface area contributed by atoms with E-state index in [1.807, 2.05) is 32.0 Å². The molecule has 24 heavy (non-hydrogen) atoms. The van der Waals surface area contributed by atoms with Crippen LogP contribution < -0.4 is 10.1 Å². The van der Waals surface area contributed by atoms with E-state index in [9.17, 15) is 4.79 Å². The summed E-state index contributed by atoms with van der Waals surface area (Å²) in [5.41, 5.74) is 5.27. The number of benzene rings is 2. The molecule has 0 unspecified atom stereocenters. The molecule has 0 bridgehead atoms. The minimum atomic E-state index is -0.0482. The van der Waals surface area contributed by atoms with E-state index in [4.69, 9.17) is 4.74 Å². The Bertz CT molecular complexity index is 722. The van der Waals surface area contributed by atoms with Gasteiger partial charge in [-0.3, -0.25) is 4.79 Å². The number of nitrogens with one attached hydrogen (secondary N) is 1. The second-order valence-electron chi connectivity index (χ2n) is 6.21. The van der Waals surface area contributed by atoms with Crippen molar-refractivity contribution >= 4 is 5.91 Å². The van der Waals surface area contributed by atoms with Gasteiger partial charge < -0.3 is 10.1 Å². The number of carbonyl (C=O) groups is 1. The molecule has 3 heteroatoms. The molecule has 0 spiro atoms. The van der Waals surface area contributed by atoms with Gasteiger partial charge in [0, 0.05) is 5.56 Å². The van der Waals surface area contributed by atoms with Crippen LogP contribution in [0, 0.1) is 20.8 Å². The number of hydrogen-bond donors (Lipinski definition) is 1. The highest BCUT2D eigenvalue weighted by molar-refractivity contribution is 5.94. The zero-order valence-corrected chi connectivity index (χ0v) is 15.3. The monoisotopic (exact) mass is 325 g/mol. The maximum atomic E-state index is 12.6. The standard InChI is InChI=1S/C21H27NO2/c1-6-19(18-10-8-14(3)12-15(18)4)22-21(23)17-9-11-20(24-7-2)16(5)13-17/h8-13,19H,6-7H2,1-5H3,(H,22,23)/t19-/m1/s1. The van der Waals surface area contributed by atoms with Crippen LogP contribution in [-0.4, -0.2) is 12.5 Å². The van der Waals surface area contributed by atoms with Gasteiger partial charge in [-0.1, -0.05) is 30.7 Å². The summed E-state index contributed by atoms with van der Waals surface area (Å²) >= 11 is 0. The summed E-state index contributed by atoms with van der Waals surface area (Å²) in [5, 5.41) is 3.16. The van der Waals surface area contributed by atoms with Gasteiger partial charge in [0.15, 0.2) is 0 Å². The average Bonchev–Trinajstić information content (AvgIpc) is 2.55. The third-order valence-electron chi connectivity index (χ3n) is 4.25. The zero-order chi connectivity index (χ0) is 17.7. The topological polar surface area (TPSA) is 38.3 Å². The smallest absolute Gasteiger partial charge is 0.251 e. The van der Waals surface area contributed by atoms with Gasteiger partial charge in [0.05, 0.1) is 12.6 Å². The summed E-state index contributed by atoms with van der Waals surface area (Å²) in [6.45, 7) is 10.8. The average molecular weight is 325 g/mol. The molecular formula is C21H27NO2. The van der Waals surface area contributed by atoms with Crippen LogP contribution in [0.15, 0.2) is 36.4 Å². The van der Waals surface area contributed by atoms with Gasteiger partial charge in [-0.05, 0) is 69.0 Å². The first kappa shape index (κ1) is 18.1. The highest BCUT2D eigenvalue weighted by Crippen LogP contribution is 2.23. The Morgan fingerprint density at radius 2 is 1.79 bits per heavy atom. The van der Waals surface area contributed by atoms with Crippen LogP contribution in [0.5, 0.6) is 5.75 Å². The fourth-order valence-corrected chi connectivity index (χ4v) is 2.97. The van der Waals surface area contributed by atoms with Crippen molar-refractivity contribution in [1.82, 2.24) is 5.32 Å². The van der Waals surface area contributed by atoms with E-state index in [1.165, 1.54) is 16.7 Å². The predicted octanol–water partition coefficient (Wildman–Crippen LogP) is 4.89. The van der Waals surface area contributed by atoms with Gasteiger partial charge >= 0.3 is 0 Å². The van der Waals surface area contributed by atoms with E-state index in [1.54, 1.807) is 0 Å². The fourth-order valence-electron chi connectivity index (χ4n) is 2.97. The molecule has 0 saturated heterocycles. The molecule has 0 aliphatic heterocycles. The number of aryl methyl sites for hydroxylation is 3. The van der Waals surface area contributed by atoms with Gasteiger partial charge in [0.25, 0.3) is 5.91 Å². The van der Waals surface area contributed by atoms with Crippen molar-refractivity contribution in [2.75, 3.05) is 6.61 Å². The Labute approximate surface area is 145 Å². The third-order valence-corrected chi connectivity index (χ3v) is 4.25. The van der Waals surface area contributed by atoms with Crippen molar-refractivity contribution in [3.05, 3.63) is 64.2 Å². The lowest BCUT2D eigenvalue weighted by Crippen LogP contribution is -2.28. The Morgan fingerprint density at radius 3 is 2.38 bits per heavy atom. The van der Waals surface area contributed by atoms with Gasteiger partial charge in [-0.15, -0.1) is 0 Å². The number of hydrogen-bond acceptors (Lipinski definition) is 2. The van der Waals surface area contributed by atoms with Crippen LogP contribution in [0.1, 0.15) is 58.9 Å². The Kier molecular flexibility index (Phi) is 6.02. The number of ether oxygens (including phenoxy) is 1. The van der Waals surface area contributed by atoms with Gasteiger partial charge in [-0.2, -0.15) is 0 Å². The molecule has 1 amide bonds. The quantitative estimate of drug-likeness (QED) is 0.821. The molecule has 2 aromatic rings. The molecular weight excluding hydrogens is 298 g/mol. The third kappa shape index (κ3) is 4.16. The van der Waals surface area contributed by atoms with Crippen molar-refractivity contribution in [2.24, 2.45) is 0 Å². The molecule has 2 aromatic carbocycles. The van der Waals surface area contributed by atoms with Crippen molar-refractivity contribution in [2.45, 2.75) is 47.1 Å². The molecule has 1 N–H and O–H groups in total. The fraction of sp³-hybridized carbons (Fsp3) is 0.381. The zero-order valence-electron chi connectivity index (χ0n) is 15.3. The predicted molar refractivity (Wildman–Crippen MR) is 98.8 cm³/mol. The van der Waals surface area contributed by atoms with Crippen LogP contribution in [-0.2, 0) is 0 Å². The number of carbonyl (C=O) groups excluding carboxylic acids is 1. The van der Waals surface area contributed by atoms with Gasteiger partial charge in [0.2, 0.25) is 0 Å². The summed E-state index contributed by atoms with van der Waals surface area (Å²) in [7, 11) is 0. The van der Waals surface area contributed by atoms with Crippen LogP contribution >= 0.6 is 0 Å². The molecule has 0 fully saturated rings. The second kappa shape index (κ2) is 8.00. The molecule has 0 aliphatic carbocycles. The number of rotatable bonds is 6. The van der Waals surface area contributed by atoms with Crippen molar-refractivity contribution < 1.29 is 9.53 Å². The molecule has 2 rings (SSSR count). The van der Waals surface area contributed by atoms with E-state index in [0.717, 1.165) is 17.7 Å². The van der Waals surface area contributed by atoms with Crippen molar-refractivity contribution in [3.8, 4) is 5.75 Å². The van der Waals surface area contributed by atoms with Crippen LogP contribution in [0.4, 0.5) is 0 Å². The van der Waals surface area contributed by atoms with E-state index < -0.39 is 0 Å². The molecule has 0 radical (unpaired) electrons. The highest BCUT2D eigenvalue weighted by atomic mass is 16.5. The first-order valence-corrected chi connectivity index (χ1v) is 8.57. The largest absolute Gasteiger partial charge is 0.494 e. The normalized spacial score (nSPS) is 11.9. The number of amides is 1. The molecule has 1 atom stereocenters. The summed E-state index contributed by atoms with van der Waals surface area (Å²) in [4.78, 5) is 12.6. The summed E-state index contributed by atoms with van der Waals surface area (Å²) in [5.74, 6) is 0.781. The van der Waals surface area contributed by atoms with E-state index in [2.05, 4.69) is 44.3 Å². The van der Waals surface area contributed by atoms with Crippen LogP contribution in [0.25, 0.3) is 0 Å². The summed E-state index contributed by atoms with van der Waals surface area (Å²) < 4.78 is 5.54. The Morgan fingerprint density at radius 1 is 1.04 bits per heavy atom. The lowest BCUT2D eigenvalue weighted by atomic mass is 9.97. The lowest BCUT2D eigenvalue weighted by molar-refractivity contribution is 0.0935. The van der Waals surface area contributed by atoms with E-state index >= 15 is 0 Å². The van der Waals surface area contributed by atoms with Crippen molar-refractivity contribution in [1.29, 1.82) is 0 Å². The SMILES string of the molecule is CCOc1ccc(C(=O)N[C@H](CC)c2ccc(C)cc2C)cc1C. The first-order valence-electron chi connectivity index (χ1n) is 8.57. The highest BCUT2D eigenvalue weighted by Gasteiger charge is 2.16. The minimum Gasteiger partial charge on any atom is -0.494 e. The molecule has 128 valence electrons. The summed E-state index contributed by atoms with van der Waals surface area (Å²) in [6.07, 6.45) is 0.853. The van der Waals surface area contributed by atoms with E-state index in [0.29, 0.717) is 12.2 Å². The maximum Gasteiger partial charge on any atom is 0.251 e. The van der Waals surface area contributed by atoms with Gasteiger partial charge in [0.1, 0.15) is 5.75 Å². The van der Waals surface area contributed by atoms with Crippen LogP contribution in [0.3, 0.4) is 0 Å². The summed E-state index contributed by atoms with van der Waals surface area (Å²) in [6, 6.07) is 12.0. The molecule has 0 aliphatic rings. The minimum absolute atomic E-state index is 0.0185. The lowest BCUT2D eigenvalue weighted by Gasteiger charge is -2.20. The van der Waals surface area contributed by atoms with Gasteiger partial charge in [-0.25, -0.2) is 0 Å². The molecule has 0 saturated carbocycles. The second-order valence-corrected chi connectivity index (χ2v) is 6.21. The Hall–Kier alpha value is -2.29. The Balaban J connectivity index is 2.19. The first-order chi connectivity index (χ1) is 11.5. The molecule has 0 aromatic heterocycles. The van der Waals surface area contributed by atoms with Crippen LogP contribution in [0.2, 0.25) is 0 Å². The molecule has 0 heterocycles. The van der Waals surface area contributed by atoms with E-state index in [-0.39, 0.29) is 11.9 Å². The van der Waals surface area contributed by atoms with Crippen molar-refractivity contribution in [3.63, 3.8) is 0 Å².